The number of furan rings is 1. The fourth-order valence-corrected chi connectivity index (χ4v) is 3.07. The molecule has 0 bridgehead atoms. The van der Waals surface area contributed by atoms with Crippen molar-refractivity contribution in [2.45, 2.75) is 39.8 Å². The Bertz CT molecular complexity index is 789. The minimum Gasteiger partial charge on any atom is -0.459 e. The van der Waals surface area contributed by atoms with E-state index in [1.54, 1.807) is 0 Å². The van der Waals surface area contributed by atoms with Crippen molar-refractivity contribution in [2.24, 2.45) is 0 Å². The average Bonchev–Trinajstić information content (AvgIpc) is 2.83. The molecular weight excluding hydrogens is 282 g/mol. The Morgan fingerprint density at radius 3 is 2.52 bits per heavy atom. The van der Waals surface area contributed by atoms with Crippen LogP contribution >= 0.6 is 11.6 Å². The normalized spacial score (nSPS) is 11.9. The molecule has 0 aliphatic rings. The van der Waals surface area contributed by atoms with Crippen LogP contribution in [0.25, 0.3) is 21.7 Å². The van der Waals surface area contributed by atoms with Crippen LogP contribution in [0.4, 0.5) is 0 Å². The predicted octanol–water partition coefficient (Wildman–Crippen LogP) is 5.30. The Morgan fingerprint density at radius 2 is 1.86 bits per heavy atom. The molecule has 0 fully saturated rings. The van der Waals surface area contributed by atoms with E-state index >= 15 is 0 Å². The summed E-state index contributed by atoms with van der Waals surface area (Å²) in [4.78, 5) is 0. The molecule has 0 saturated heterocycles. The summed E-state index contributed by atoms with van der Waals surface area (Å²) in [6.45, 7) is 7.19. The van der Waals surface area contributed by atoms with Crippen molar-refractivity contribution in [1.82, 2.24) is 5.32 Å². The Balaban J connectivity index is 2.25. The third-order valence-electron chi connectivity index (χ3n) is 3.86. The van der Waals surface area contributed by atoms with Crippen LogP contribution in [0.5, 0.6) is 0 Å². The second kappa shape index (κ2) is 5.70. The van der Waals surface area contributed by atoms with Gasteiger partial charge < -0.3 is 9.73 Å². The summed E-state index contributed by atoms with van der Waals surface area (Å²) >= 11 is 6.44. The molecule has 0 spiro atoms. The van der Waals surface area contributed by atoms with Crippen LogP contribution in [-0.4, -0.2) is 6.04 Å². The van der Waals surface area contributed by atoms with Gasteiger partial charge in [-0.2, -0.15) is 0 Å². The quantitative estimate of drug-likeness (QED) is 0.707. The van der Waals surface area contributed by atoms with Gasteiger partial charge >= 0.3 is 0 Å². The number of aryl methyl sites for hydroxylation is 1. The first-order valence-corrected chi connectivity index (χ1v) is 7.84. The van der Waals surface area contributed by atoms with E-state index in [0.717, 1.165) is 45.5 Å². The molecule has 0 radical (unpaired) electrons. The maximum atomic E-state index is 6.44. The summed E-state index contributed by atoms with van der Waals surface area (Å²) in [7, 11) is 0. The van der Waals surface area contributed by atoms with Crippen LogP contribution in [0.2, 0.25) is 5.02 Å². The molecule has 1 N–H and O–H groups in total. The first-order chi connectivity index (χ1) is 10.1. The van der Waals surface area contributed by atoms with E-state index in [1.165, 1.54) is 5.56 Å². The summed E-state index contributed by atoms with van der Waals surface area (Å²) in [6, 6.07) is 10.6. The van der Waals surface area contributed by atoms with Crippen molar-refractivity contribution >= 4 is 33.3 Å². The summed E-state index contributed by atoms with van der Waals surface area (Å²) in [5.74, 6) is 1.02. The highest BCUT2D eigenvalue weighted by atomic mass is 35.5. The number of rotatable bonds is 4. The van der Waals surface area contributed by atoms with Gasteiger partial charge in [0.1, 0.15) is 11.3 Å². The fraction of sp³-hybridized carbons (Fsp3) is 0.333. The lowest BCUT2D eigenvalue weighted by molar-refractivity contribution is 0.485. The molecule has 2 aromatic carbocycles. The van der Waals surface area contributed by atoms with Crippen molar-refractivity contribution in [2.75, 3.05) is 0 Å². The number of fused-ring (bicyclic) bond motifs is 3. The van der Waals surface area contributed by atoms with Crippen molar-refractivity contribution in [3.05, 3.63) is 46.7 Å². The SMILES string of the molecule is CCc1c(CNC(C)C)oc2c1cc(Cl)c1ccccc12. The molecule has 0 unspecified atom stereocenters. The molecule has 0 aliphatic carbocycles. The van der Waals surface area contributed by atoms with Gasteiger partial charge in [0.15, 0.2) is 0 Å². The lowest BCUT2D eigenvalue weighted by atomic mass is 10.0. The second-order valence-electron chi connectivity index (χ2n) is 5.67. The van der Waals surface area contributed by atoms with Gasteiger partial charge in [0.25, 0.3) is 0 Å². The Kier molecular flexibility index (Phi) is 3.92. The molecule has 3 rings (SSSR count). The van der Waals surface area contributed by atoms with Gasteiger partial charge in [0.05, 0.1) is 6.54 Å². The highest BCUT2D eigenvalue weighted by Crippen LogP contribution is 2.36. The molecule has 21 heavy (non-hydrogen) atoms. The number of hydrogen-bond donors (Lipinski definition) is 1. The molecular formula is C18H20ClNO. The van der Waals surface area contributed by atoms with Crippen LogP contribution in [0.15, 0.2) is 34.7 Å². The fourth-order valence-electron chi connectivity index (χ4n) is 2.80. The maximum absolute atomic E-state index is 6.44. The second-order valence-corrected chi connectivity index (χ2v) is 6.08. The highest BCUT2D eigenvalue weighted by molar-refractivity contribution is 6.37. The number of nitrogens with one attached hydrogen (secondary N) is 1. The first kappa shape index (κ1) is 14.4. The van der Waals surface area contributed by atoms with Gasteiger partial charge in [0, 0.05) is 32.8 Å². The Labute approximate surface area is 130 Å². The van der Waals surface area contributed by atoms with Crippen molar-refractivity contribution in [3.63, 3.8) is 0 Å². The monoisotopic (exact) mass is 301 g/mol. The van der Waals surface area contributed by atoms with E-state index in [4.69, 9.17) is 16.0 Å². The Morgan fingerprint density at radius 1 is 1.14 bits per heavy atom. The molecule has 0 atom stereocenters. The largest absolute Gasteiger partial charge is 0.459 e. The van der Waals surface area contributed by atoms with Gasteiger partial charge in [-0.25, -0.2) is 0 Å². The molecule has 0 saturated carbocycles. The zero-order valence-electron chi connectivity index (χ0n) is 12.7. The maximum Gasteiger partial charge on any atom is 0.142 e. The molecule has 1 aromatic heterocycles. The highest BCUT2D eigenvalue weighted by Gasteiger charge is 2.16. The van der Waals surface area contributed by atoms with Gasteiger partial charge in [-0.05, 0) is 12.5 Å². The van der Waals surface area contributed by atoms with Crippen LogP contribution < -0.4 is 5.32 Å². The van der Waals surface area contributed by atoms with Crippen LogP contribution in [0.1, 0.15) is 32.1 Å². The van der Waals surface area contributed by atoms with Gasteiger partial charge in [0.2, 0.25) is 0 Å². The zero-order chi connectivity index (χ0) is 15.0. The van der Waals surface area contributed by atoms with E-state index in [2.05, 4.69) is 32.2 Å². The summed E-state index contributed by atoms with van der Waals surface area (Å²) in [6.07, 6.45) is 0.941. The standard InChI is InChI=1S/C18H20ClNO/c1-4-12-15-9-16(19)13-7-5-6-8-14(13)18(15)21-17(12)10-20-11(2)3/h5-9,11,20H,4,10H2,1-3H3. The van der Waals surface area contributed by atoms with Crippen molar-refractivity contribution in [1.29, 1.82) is 0 Å². The van der Waals surface area contributed by atoms with E-state index < -0.39 is 0 Å². The summed E-state index contributed by atoms with van der Waals surface area (Å²) in [5, 5.41) is 7.50. The minimum absolute atomic E-state index is 0.434. The molecule has 2 nitrogen and oxygen atoms in total. The van der Waals surface area contributed by atoms with Crippen molar-refractivity contribution < 1.29 is 4.42 Å². The Hall–Kier alpha value is -1.51. The van der Waals surface area contributed by atoms with Gasteiger partial charge in [-0.15, -0.1) is 0 Å². The third-order valence-corrected chi connectivity index (χ3v) is 4.17. The lowest BCUT2D eigenvalue weighted by Gasteiger charge is -2.06. The summed E-state index contributed by atoms with van der Waals surface area (Å²) in [5.41, 5.74) is 2.21. The minimum atomic E-state index is 0.434. The molecule has 110 valence electrons. The first-order valence-electron chi connectivity index (χ1n) is 7.46. The lowest BCUT2D eigenvalue weighted by Crippen LogP contribution is -2.22. The average molecular weight is 302 g/mol. The number of hydrogen-bond acceptors (Lipinski definition) is 2. The molecule has 0 amide bonds. The van der Waals surface area contributed by atoms with Gasteiger partial charge in [-0.3, -0.25) is 0 Å². The molecule has 0 aliphatic heterocycles. The topological polar surface area (TPSA) is 25.2 Å². The molecule has 3 heteroatoms. The van der Waals surface area contributed by atoms with Crippen molar-refractivity contribution in [3.8, 4) is 0 Å². The van der Waals surface area contributed by atoms with E-state index in [-0.39, 0.29) is 0 Å². The van der Waals surface area contributed by atoms with Gasteiger partial charge in [-0.1, -0.05) is 56.6 Å². The number of benzene rings is 2. The van der Waals surface area contributed by atoms with E-state index in [0.29, 0.717) is 6.04 Å². The van der Waals surface area contributed by atoms with E-state index in [9.17, 15) is 0 Å². The smallest absolute Gasteiger partial charge is 0.142 e. The molecule has 3 aromatic rings. The van der Waals surface area contributed by atoms with Crippen LogP contribution in [-0.2, 0) is 13.0 Å². The summed E-state index contributed by atoms with van der Waals surface area (Å²) < 4.78 is 6.19. The van der Waals surface area contributed by atoms with E-state index in [1.807, 2.05) is 24.3 Å². The third kappa shape index (κ3) is 2.54. The zero-order valence-corrected chi connectivity index (χ0v) is 13.4. The number of halogens is 1. The predicted molar refractivity (Wildman–Crippen MR) is 90.1 cm³/mol. The van der Waals surface area contributed by atoms with Crippen LogP contribution in [0, 0.1) is 0 Å². The molecule has 1 heterocycles. The van der Waals surface area contributed by atoms with Crippen LogP contribution in [0.3, 0.4) is 0 Å².